The van der Waals surface area contributed by atoms with Crippen molar-refractivity contribution in [2.45, 2.75) is 38.6 Å². The Labute approximate surface area is 134 Å². The van der Waals surface area contributed by atoms with Crippen molar-refractivity contribution in [2.24, 2.45) is 5.73 Å². The minimum absolute atomic E-state index is 0.121. The van der Waals surface area contributed by atoms with E-state index in [2.05, 4.69) is 9.99 Å². The highest BCUT2D eigenvalue weighted by Gasteiger charge is 2.20. The maximum Gasteiger partial charge on any atom is 0.281 e. The number of fused-ring (bicyclic) bond motifs is 1. The summed E-state index contributed by atoms with van der Waals surface area (Å²) in [6.45, 7) is 3.54. The van der Waals surface area contributed by atoms with Crippen LogP contribution in [0.1, 0.15) is 44.5 Å². The number of aromatic nitrogens is 2. The fraction of sp³-hybridized carbons (Fsp3) is 0.500. The molecule has 0 amide bonds. The van der Waals surface area contributed by atoms with E-state index in [-0.39, 0.29) is 11.6 Å². The molecule has 6 heteroatoms. The van der Waals surface area contributed by atoms with Crippen molar-refractivity contribution in [1.29, 1.82) is 0 Å². The van der Waals surface area contributed by atoms with Gasteiger partial charge in [-0.05, 0) is 31.9 Å². The van der Waals surface area contributed by atoms with E-state index in [9.17, 15) is 4.79 Å². The van der Waals surface area contributed by atoms with Gasteiger partial charge < -0.3 is 10.7 Å². The molecule has 5 nitrogen and oxygen atoms in total. The molecule has 0 bridgehead atoms. The number of halogens is 1. The van der Waals surface area contributed by atoms with Crippen LogP contribution in [-0.2, 0) is 0 Å². The van der Waals surface area contributed by atoms with E-state index in [1.807, 2.05) is 6.92 Å². The largest absolute Gasteiger partial charge is 0.322 e. The fourth-order valence-corrected chi connectivity index (χ4v) is 3.27. The van der Waals surface area contributed by atoms with Crippen molar-refractivity contribution in [1.82, 2.24) is 9.66 Å². The maximum absolute atomic E-state index is 13.0. The van der Waals surface area contributed by atoms with Gasteiger partial charge in [0.15, 0.2) is 0 Å². The maximum atomic E-state index is 13.0. The summed E-state index contributed by atoms with van der Waals surface area (Å²) in [4.78, 5) is 17.6. The fourth-order valence-electron chi connectivity index (χ4n) is 3.02. The Hall–Kier alpha value is -1.59. The lowest BCUT2D eigenvalue weighted by Gasteiger charge is -2.28. The zero-order valence-electron chi connectivity index (χ0n) is 12.8. The molecule has 2 heterocycles. The third-order valence-electron chi connectivity index (χ3n) is 4.12. The van der Waals surface area contributed by atoms with Crippen LogP contribution in [0.15, 0.2) is 23.0 Å². The van der Waals surface area contributed by atoms with Gasteiger partial charge in [-0.25, -0.2) is 9.66 Å². The molecule has 118 valence electrons. The highest BCUT2D eigenvalue weighted by Crippen LogP contribution is 2.21. The summed E-state index contributed by atoms with van der Waals surface area (Å²) in [6.07, 6.45) is 4.54. The summed E-state index contributed by atoms with van der Waals surface area (Å²) in [6, 6.07) is 5.02. The first kappa shape index (κ1) is 15.3. The Morgan fingerprint density at radius 3 is 2.55 bits per heavy atom. The van der Waals surface area contributed by atoms with E-state index in [1.54, 1.807) is 22.9 Å². The molecular weight excluding hydrogens is 300 g/mol. The van der Waals surface area contributed by atoms with Crippen LogP contribution < -0.4 is 16.3 Å². The van der Waals surface area contributed by atoms with Gasteiger partial charge in [0.05, 0.1) is 22.0 Å². The van der Waals surface area contributed by atoms with Crippen LogP contribution in [0.4, 0.5) is 0 Å². The van der Waals surface area contributed by atoms with Crippen LogP contribution in [0.2, 0.25) is 5.02 Å². The number of rotatable bonds is 2. The lowest BCUT2D eigenvalue weighted by Crippen LogP contribution is -2.46. The van der Waals surface area contributed by atoms with Gasteiger partial charge in [-0.15, -0.1) is 0 Å². The minimum Gasteiger partial charge on any atom is -0.322 e. The van der Waals surface area contributed by atoms with E-state index in [4.69, 9.17) is 17.3 Å². The Balaban J connectivity index is 2.26. The second-order valence-electron chi connectivity index (χ2n) is 5.88. The minimum atomic E-state index is -0.320. The molecule has 2 aromatic rings. The smallest absolute Gasteiger partial charge is 0.281 e. The lowest BCUT2D eigenvalue weighted by atomic mass is 10.2. The number of benzene rings is 1. The van der Waals surface area contributed by atoms with E-state index in [1.165, 1.54) is 12.8 Å². The molecule has 1 fully saturated rings. The van der Waals surface area contributed by atoms with E-state index >= 15 is 0 Å². The van der Waals surface area contributed by atoms with Crippen molar-refractivity contribution >= 4 is 22.5 Å². The summed E-state index contributed by atoms with van der Waals surface area (Å²) in [5.74, 6) is 0.599. The van der Waals surface area contributed by atoms with Gasteiger partial charge in [-0.1, -0.05) is 30.5 Å². The van der Waals surface area contributed by atoms with Gasteiger partial charge in [0.25, 0.3) is 5.56 Å². The molecule has 22 heavy (non-hydrogen) atoms. The van der Waals surface area contributed by atoms with E-state index in [0.717, 1.165) is 25.9 Å². The number of hydrogen-bond acceptors (Lipinski definition) is 4. The molecule has 1 saturated heterocycles. The van der Waals surface area contributed by atoms with Crippen LogP contribution in [-0.4, -0.2) is 22.7 Å². The van der Waals surface area contributed by atoms with Crippen molar-refractivity contribution in [3.05, 3.63) is 39.4 Å². The Bertz CT molecular complexity index is 733. The number of nitrogens with two attached hydrogens (primary N) is 1. The van der Waals surface area contributed by atoms with Gasteiger partial charge in [-0.2, -0.15) is 0 Å². The van der Waals surface area contributed by atoms with Gasteiger partial charge in [0, 0.05) is 13.1 Å². The molecule has 0 radical (unpaired) electrons. The standard InChI is InChI=1S/C16H21ClN4O/c1-11(18)15-19-13-8-6-7-12(17)14(13)16(22)21(15)20-9-4-2-3-5-10-20/h6-8,11H,2-5,9-10,18H2,1H3/t11-/m0/s1. The van der Waals surface area contributed by atoms with Crippen LogP contribution in [0.3, 0.4) is 0 Å². The topological polar surface area (TPSA) is 64.1 Å². The van der Waals surface area contributed by atoms with Crippen molar-refractivity contribution in [2.75, 3.05) is 18.1 Å². The zero-order valence-corrected chi connectivity index (χ0v) is 13.5. The molecule has 1 aromatic heterocycles. The SMILES string of the molecule is C[C@H](N)c1nc2cccc(Cl)c2c(=O)n1N1CCCCCC1. The highest BCUT2D eigenvalue weighted by atomic mass is 35.5. The summed E-state index contributed by atoms with van der Waals surface area (Å²) in [7, 11) is 0. The van der Waals surface area contributed by atoms with Crippen molar-refractivity contribution in [3.8, 4) is 0 Å². The van der Waals surface area contributed by atoms with E-state index < -0.39 is 0 Å². The van der Waals surface area contributed by atoms with Crippen LogP contribution in [0, 0.1) is 0 Å². The predicted octanol–water partition coefficient (Wildman–Crippen LogP) is 2.58. The monoisotopic (exact) mass is 320 g/mol. The molecule has 1 atom stereocenters. The molecule has 1 aliphatic rings. The predicted molar refractivity (Wildman–Crippen MR) is 90.0 cm³/mol. The van der Waals surface area contributed by atoms with Gasteiger partial charge >= 0.3 is 0 Å². The van der Waals surface area contributed by atoms with E-state index in [0.29, 0.717) is 21.7 Å². The average Bonchev–Trinajstić information content (AvgIpc) is 2.75. The van der Waals surface area contributed by atoms with Gasteiger partial charge in [0.2, 0.25) is 0 Å². The molecule has 0 aliphatic carbocycles. The third kappa shape index (κ3) is 2.71. The normalized spacial score (nSPS) is 17.5. The summed E-state index contributed by atoms with van der Waals surface area (Å²) in [5.41, 5.74) is 6.56. The second kappa shape index (κ2) is 6.26. The van der Waals surface area contributed by atoms with Gasteiger partial charge in [0.1, 0.15) is 5.82 Å². The first-order valence-electron chi connectivity index (χ1n) is 7.81. The molecule has 0 unspecified atom stereocenters. The Kier molecular flexibility index (Phi) is 4.36. The first-order valence-corrected chi connectivity index (χ1v) is 8.19. The summed E-state index contributed by atoms with van der Waals surface area (Å²) >= 11 is 6.23. The Morgan fingerprint density at radius 2 is 1.91 bits per heavy atom. The zero-order chi connectivity index (χ0) is 15.7. The molecular formula is C16H21ClN4O. The summed E-state index contributed by atoms with van der Waals surface area (Å²) < 4.78 is 1.66. The van der Waals surface area contributed by atoms with Crippen molar-refractivity contribution < 1.29 is 0 Å². The van der Waals surface area contributed by atoms with Crippen LogP contribution in [0.5, 0.6) is 0 Å². The number of nitrogens with zero attached hydrogens (tertiary/aromatic N) is 3. The molecule has 0 saturated carbocycles. The quantitative estimate of drug-likeness (QED) is 0.923. The average molecular weight is 321 g/mol. The molecule has 1 aromatic carbocycles. The van der Waals surface area contributed by atoms with Crippen molar-refractivity contribution in [3.63, 3.8) is 0 Å². The highest BCUT2D eigenvalue weighted by molar-refractivity contribution is 6.35. The second-order valence-corrected chi connectivity index (χ2v) is 6.28. The lowest BCUT2D eigenvalue weighted by molar-refractivity contribution is 0.521. The van der Waals surface area contributed by atoms with Crippen LogP contribution >= 0.6 is 11.6 Å². The molecule has 0 spiro atoms. The van der Waals surface area contributed by atoms with Gasteiger partial charge in [-0.3, -0.25) is 4.79 Å². The molecule has 3 rings (SSSR count). The Morgan fingerprint density at radius 1 is 1.23 bits per heavy atom. The summed E-state index contributed by atoms with van der Waals surface area (Å²) in [5, 5.41) is 2.98. The van der Waals surface area contributed by atoms with Crippen LogP contribution in [0.25, 0.3) is 10.9 Å². The third-order valence-corrected chi connectivity index (χ3v) is 4.44. The number of hydrogen-bond donors (Lipinski definition) is 1. The molecule has 2 N–H and O–H groups in total. The molecule has 1 aliphatic heterocycles. The first-order chi connectivity index (χ1) is 10.6.